The first kappa shape index (κ1) is 14.9. The number of anilines is 1. The highest BCUT2D eigenvalue weighted by Crippen LogP contribution is 2.23. The maximum atomic E-state index is 5.92. The number of hydrogen-bond acceptors (Lipinski definition) is 4. The van der Waals surface area contributed by atoms with Gasteiger partial charge in [0.2, 0.25) is 0 Å². The van der Waals surface area contributed by atoms with E-state index in [9.17, 15) is 0 Å². The molecule has 1 aromatic heterocycles. The monoisotopic (exact) mass is 251 g/mol. The Balaban J connectivity index is 2.83. The maximum absolute atomic E-state index is 5.92. The third-order valence-electron chi connectivity index (χ3n) is 3.55. The molecule has 1 heterocycles. The molecule has 0 aliphatic heterocycles. The van der Waals surface area contributed by atoms with Gasteiger partial charge < -0.3 is 15.8 Å². The summed E-state index contributed by atoms with van der Waals surface area (Å²) in [4.78, 5) is 4.02. The fourth-order valence-corrected chi connectivity index (χ4v) is 2.26. The zero-order valence-corrected chi connectivity index (χ0v) is 11.9. The smallest absolute Gasteiger partial charge is 0.123 e. The summed E-state index contributed by atoms with van der Waals surface area (Å²) in [6, 6.07) is 4.18. The van der Waals surface area contributed by atoms with E-state index in [0.717, 1.165) is 19.4 Å². The summed E-state index contributed by atoms with van der Waals surface area (Å²) >= 11 is 0. The molecule has 3 N–H and O–H groups in total. The molecule has 18 heavy (non-hydrogen) atoms. The molecule has 0 aliphatic rings. The van der Waals surface area contributed by atoms with Crippen LogP contribution in [0.3, 0.4) is 0 Å². The number of aromatic nitrogens is 1. The van der Waals surface area contributed by atoms with Gasteiger partial charge in [-0.3, -0.25) is 0 Å². The standard InChI is InChI=1S/C14H25N3O/c1-5-14(3,18-6-2)12(16-4)9-11-7-8-17-13(15)10-11/h7-8,10,12,16H,5-6,9H2,1-4H3,(H2,15,17). The van der Waals surface area contributed by atoms with Gasteiger partial charge in [0, 0.05) is 18.8 Å². The summed E-state index contributed by atoms with van der Waals surface area (Å²) in [5.74, 6) is 0.567. The van der Waals surface area contributed by atoms with Crippen LogP contribution in [0.1, 0.15) is 32.8 Å². The molecule has 102 valence electrons. The van der Waals surface area contributed by atoms with Gasteiger partial charge in [-0.05, 0) is 51.4 Å². The number of ether oxygens (including phenoxy) is 1. The second-order valence-corrected chi connectivity index (χ2v) is 4.73. The number of rotatable bonds is 7. The molecule has 0 bridgehead atoms. The average molecular weight is 251 g/mol. The molecule has 4 nitrogen and oxygen atoms in total. The molecule has 0 fully saturated rings. The van der Waals surface area contributed by atoms with Crippen molar-refractivity contribution in [3.63, 3.8) is 0 Å². The van der Waals surface area contributed by atoms with Gasteiger partial charge in [-0.2, -0.15) is 0 Å². The molecule has 0 aliphatic carbocycles. The highest BCUT2D eigenvalue weighted by atomic mass is 16.5. The molecule has 2 atom stereocenters. The molecule has 1 rings (SSSR count). The molecule has 0 radical (unpaired) electrons. The van der Waals surface area contributed by atoms with E-state index in [1.165, 1.54) is 5.56 Å². The number of nitrogen functional groups attached to an aromatic ring is 1. The Bertz CT molecular complexity index is 370. The Labute approximate surface area is 110 Å². The van der Waals surface area contributed by atoms with E-state index in [1.807, 2.05) is 26.1 Å². The lowest BCUT2D eigenvalue weighted by atomic mass is 9.88. The van der Waals surface area contributed by atoms with Crippen LogP contribution in [-0.4, -0.2) is 30.3 Å². The average Bonchev–Trinajstić information content (AvgIpc) is 2.36. The lowest BCUT2D eigenvalue weighted by molar-refractivity contribution is -0.0534. The van der Waals surface area contributed by atoms with Crippen LogP contribution < -0.4 is 11.1 Å². The van der Waals surface area contributed by atoms with Crippen LogP contribution in [-0.2, 0) is 11.2 Å². The molecular weight excluding hydrogens is 226 g/mol. The summed E-state index contributed by atoms with van der Waals surface area (Å²) < 4.78 is 5.92. The van der Waals surface area contributed by atoms with Gasteiger partial charge in [0.1, 0.15) is 5.82 Å². The van der Waals surface area contributed by atoms with E-state index in [2.05, 4.69) is 24.1 Å². The van der Waals surface area contributed by atoms with Gasteiger partial charge >= 0.3 is 0 Å². The first-order chi connectivity index (χ1) is 8.55. The molecule has 0 spiro atoms. The summed E-state index contributed by atoms with van der Waals surface area (Å²) in [6.45, 7) is 7.06. The van der Waals surface area contributed by atoms with E-state index in [0.29, 0.717) is 5.82 Å². The van der Waals surface area contributed by atoms with Crippen LogP contribution in [0.2, 0.25) is 0 Å². The van der Waals surface area contributed by atoms with Crippen molar-refractivity contribution in [3.8, 4) is 0 Å². The zero-order chi connectivity index (χ0) is 13.6. The van der Waals surface area contributed by atoms with Crippen molar-refractivity contribution in [1.29, 1.82) is 0 Å². The van der Waals surface area contributed by atoms with Crippen molar-refractivity contribution in [2.24, 2.45) is 0 Å². The second-order valence-electron chi connectivity index (χ2n) is 4.73. The molecule has 2 unspecified atom stereocenters. The second kappa shape index (κ2) is 6.71. The lowest BCUT2D eigenvalue weighted by Gasteiger charge is -2.37. The number of likely N-dealkylation sites (N-methyl/N-ethyl adjacent to an activating group) is 1. The predicted molar refractivity (Wildman–Crippen MR) is 75.5 cm³/mol. The van der Waals surface area contributed by atoms with E-state index in [4.69, 9.17) is 10.5 Å². The van der Waals surface area contributed by atoms with Crippen molar-refractivity contribution >= 4 is 5.82 Å². The molecule has 1 aromatic rings. The Kier molecular flexibility index (Phi) is 5.56. The van der Waals surface area contributed by atoms with Crippen molar-refractivity contribution in [3.05, 3.63) is 23.9 Å². The quantitative estimate of drug-likeness (QED) is 0.778. The Morgan fingerprint density at radius 1 is 1.50 bits per heavy atom. The van der Waals surface area contributed by atoms with Crippen molar-refractivity contribution < 1.29 is 4.74 Å². The summed E-state index contributed by atoms with van der Waals surface area (Å²) in [5.41, 5.74) is 6.73. The largest absolute Gasteiger partial charge is 0.384 e. The van der Waals surface area contributed by atoms with Gasteiger partial charge in [0.15, 0.2) is 0 Å². The van der Waals surface area contributed by atoms with Crippen LogP contribution in [0.5, 0.6) is 0 Å². The SMILES string of the molecule is CCOC(C)(CC)C(Cc1ccnc(N)c1)NC. The number of pyridine rings is 1. The van der Waals surface area contributed by atoms with E-state index < -0.39 is 0 Å². The minimum Gasteiger partial charge on any atom is -0.384 e. The molecule has 0 saturated carbocycles. The van der Waals surface area contributed by atoms with Gasteiger partial charge in [-0.25, -0.2) is 4.98 Å². The number of hydrogen-bond donors (Lipinski definition) is 2. The fourth-order valence-electron chi connectivity index (χ4n) is 2.26. The summed E-state index contributed by atoms with van der Waals surface area (Å²) in [7, 11) is 1.97. The first-order valence-electron chi connectivity index (χ1n) is 6.57. The van der Waals surface area contributed by atoms with Crippen LogP contribution in [0.25, 0.3) is 0 Å². The fraction of sp³-hybridized carbons (Fsp3) is 0.643. The predicted octanol–water partition coefficient (Wildman–Crippen LogP) is 2.00. The third-order valence-corrected chi connectivity index (χ3v) is 3.55. The highest BCUT2D eigenvalue weighted by Gasteiger charge is 2.32. The first-order valence-corrected chi connectivity index (χ1v) is 6.57. The number of nitrogens with one attached hydrogen (secondary N) is 1. The highest BCUT2D eigenvalue weighted by molar-refractivity contribution is 5.32. The maximum Gasteiger partial charge on any atom is 0.123 e. The Morgan fingerprint density at radius 3 is 2.72 bits per heavy atom. The minimum absolute atomic E-state index is 0.165. The summed E-state index contributed by atoms with van der Waals surface area (Å²) in [6.07, 6.45) is 3.60. The Hall–Kier alpha value is -1.13. The molecular formula is C14H25N3O. The molecule has 0 aromatic carbocycles. The van der Waals surface area contributed by atoms with E-state index in [1.54, 1.807) is 6.20 Å². The number of nitrogens with two attached hydrogens (primary N) is 1. The minimum atomic E-state index is -0.165. The van der Waals surface area contributed by atoms with Crippen molar-refractivity contribution in [1.82, 2.24) is 10.3 Å². The van der Waals surface area contributed by atoms with E-state index in [-0.39, 0.29) is 11.6 Å². The van der Waals surface area contributed by atoms with Gasteiger partial charge in [0.25, 0.3) is 0 Å². The van der Waals surface area contributed by atoms with E-state index >= 15 is 0 Å². The van der Waals surface area contributed by atoms with Crippen molar-refractivity contribution in [2.45, 2.75) is 45.3 Å². The molecule has 4 heteroatoms. The lowest BCUT2D eigenvalue weighted by Crippen LogP contribution is -2.50. The number of nitrogens with zero attached hydrogens (tertiary/aromatic N) is 1. The van der Waals surface area contributed by atoms with Crippen LogP contribution in [0, 0.1) is 0 Å². The summed E-state index contributed by atoms with van der Waals surface area (Å²) in [5, 5.41) is 3.36. The zero-order valence-electron chi connectivity index (χ0n) is 11.9. The normalized spacial score (nSPS) is 16.2. The third kappa shape index (κ3) is 3.68. The van der Waals surface area contributed by atoms with Crippen molar-refractivity contribution in [2.75, 3.05) is 19.4 Å². The topological polar surface area (TPSA) is 60.2 Å². The van der Waals surface area contributed by atoms with Crippen LogP contribution >= 0.6 is 0 Å². The molecule has 0 amide bonds. The molecule has 0 saturated heterocycles. The van der Waals surface area contributed by atoms with Crippen LogP contribution in [0.15, 0.2) is 18.3 Å². The van der Waals surface area contributed by atoms with Gasteiger partial charge in [-0.1, -0.05) is 6.92 Å². The Morgan fingerprint density at radius 2 is 2.22 bits per heavy atom. The van der Waals surface area contributed by atoms with Gasteiger partial charge in [-0.15, -0.1) is 0 Å². The van der Waals surface area contributed by atoms with Crippen LogP contribution in [0.4, 0.5) is 5.82 Å². The van der Waals surface area contributed by atoms with Gasteiger partial charge in [0.05, 0.1) is 5.60 Å².